The molecule has 0 aliphatic carbocycles. The molecule has 0 aliphatic rings. The Bertz CT molecular complexity index is 214. The van der Waals surface area contributed by atoms with Crippen LogP contribution in [-0.2, 0) is 234 Å². The van der Waals surface area contributed by atoms with Gasteiger partial charge < -0.3 is 68.9 Å². The van der Waals surface area contributed by atoms with Gasteiger partial charge in [-0.2, -0.15) is 0 Å². The van der Waals surface area contributed by atoms with Crippen molar-refractivity contribution in [1.29, 1.82) is 0 Å². The quantitative estimate of drug-likeness (QED) is 0.268. The van der Waals surface area contributed by atoms with Crippen LogP contribution in [-0.4, -0.2) is 38.6 Å². The standard InChI is InChI=1S/C5H10N2.C4H11O2P.C3H6N.7Y/c1-6(2)5-7(3)4;1-3-7(5,6)4-2;1-4(2)3;;;;;;;/h1-5H2;3-4H2,1-2H3,(H,5,6);1-3H2;;;;;;;/q-4;;-3;;;;;;;. The summed E-state index contributed by atoms with van der Waals surface area (Å²) in [5.41, 5.74) is 0. The Kier molecular flexibility index (Phi) is 116. The Morgan fingerprint density at radius 2 is 0.840 bits per heavy atom. The fourth-order valence-corrected chi connectivity index (χ4v) is 0.954. The zero-order valence-corrected chi connectivity index (χ0v) is 36.5. The predicted molar refractivity (Wildman–Crippen MR) is 78.8 cm³/mol. The third-order valence-electron chi connectivity index (χ3n) is 1.39. The summed E-state index contributed by atoms with van der Waals surface area (Å²) >= 11 is 0. The maximum absolute atomic E-state index is 10.5. The summed E-state index contributed by atoms with van der Waals surface area (Å²) in [6, 6.07) is 0. The fourth-order valence-electron chi connectivity index (χ4n) is 0.506. The van der Waals surface area contributed by atoms with Gasteiger partial charge in [-0.15, -0.1) is 0 Å². The van der Waals surface area contributed by atoms with Crippen molar-refractivity contribution < 1.29 is 238 Å². The summed E-state index contributed by atoms with van der Waals surface area (Å²) < 4.78 is 10.5. The Morgan fingerprint density at radius 1 is 0.680 bits per heavy atom. The topological polar surface area (TPSA) is 47.0 Å². The molecule has 0 aliphatic heterocycles. The van der Waals surface area contributed by atoms with Gasteiger partial charge in [-0.05, 0) is 0 Å². The number of rotatable bonds is 4. The molecule has 0 unspecified atom stereocenters. The van der Waals surface area contributed by atoms with E-state index in [4.69, 9.17) is 4.89 Å². The second-order valence-electron chi connectivity index (χ2n) is 3.63. The van der Waals surface area contributed by atoms with Crippen molar-refractivity contribution in [2.24, 2.45) is 0 Å². The number of hydrogen-bond acceptors (Lipinski definition) is 4. The van der Waals surface area contributed by atoms with Crippen molar-refractivity contribution >= 4 is 7.37 Å². The van der Waals surface area contributed by atoms with Gasteiger partial charge in [0, 0.05) is 241 Å². The van der Waals surface area contributed by atoms with Crippen LogP contribution in [0, 0.1) is 49.3 Å². The minimum absolute atomic E-state index is 0. The van der Waals surface area contributed by atoms with Crippen molar-refractivity contribution in [3.63, 3.8) is 0 Å². The molecule has 0 rings (SSSR count). The Labute approximate surface area is 334 Å². The van der Waals surface area contributed by atoms with Crippen LogP contribution in [0.4, 0.5) is 0 Å². The second-order valence-corrected chi connectivity index (χ2v) is 6.59. The molecular formula is C12H27N3O2PY7-7. The minimum atomic E-state index is -2.65. The molecule has 0 bridgehead atoms. The van der Waals surface area contributed by atoms with Gasteiger partial charge >= 0.3 is 0 Å². The number of hydrogen-bond donors (Lipinski definition) is 1. The molecule has 0 atom stereocenters. The molecule has 5 nitrogen and oxygen atoms in total. The molecule has 0 spiro atoms. The van der Waals surface area contributed by atoms with E-state index in [1.165, 1.54) is 14.7 Å². The van der Waals surface area contributed by atoms with Crippen LogP contribution in [0.25, 0.3) is 0 Å². The van der Waals surface area contributed by atoms with E-state index in [9.17, 15) is 4.57 Å². The summed E-state index contributed by atoms with van der Waals surface area (Å²) in [5.74, 6) is 0. The zero-order valence-electron chi connectivity index (χ0n) is 15.8. The van der Waals surface area contributed by atoms with Crippen LogP contribution >= 0.6 is 7.37 Å². The normalized spacial score (nSPS) is 7.88. The van der Waals surface area contributed by atoms with Gasteiger partial charge in [-0.3, -0.25) is 4.57 Å². The Hall–Kier alpha value is 7.80. The SMILES string of the molecule is CCP(=O)(O)CC.[CH2-]N([CH2-])CN([CH2-])[CH2-].[CH2-]N([CH2-])[CH2-].[Y].[Y].[Y].[Y].[Y].[Y].[Y]. The monoisotopic (exact) mass is 899 g/mol. The summed E-state index contributed by atoms with van der Waals surface area (Å²) in [5, 5.41) is 0. The average molecular weight is 899 g/mol. The third-order valence-corrected chi connectivity index (χ3v) is 3.36. The van der Waals surface area contributed by atoms with E-state index in [1.54, 1.807) is 13.8 Å². The summed E-state index contributed by atoms with van der Waals surface area (Å²) in [6.07, 6.45) is 0.812. The molecule has 0 fully saturated rings. The minimum Gasteiger partial charge on any atom is -0.770 e. The molecule has 7 radical (unpaired) electrons. The van der Waals surface area contributed by atoms with Gasteiger partial charge in [-0.1, -0.05) is 20.5 Å². The van der Waals surface area contributed by atoms with Crippen molar-refractivity contribution in [3.8, 4) is 0 Å². The zero-order chi connectivity index (χ0) is 15.4. The van der Waals surface area contributed by atoms with Crippen molar-refractivity contribution in [2.45, 2.75) is 13.8 Å². The molecule has 0 saturated heterocycles. The molecular weight excluding hydrogens is 871 g/mol. The van der Waals surface area contributed by atoms with E-state index in [0.717, 1.165) is 0 Å². The van der Waals surface area contributed by atoms with E-state index in [0.29, 0.717) is 19.0 Å². The van der Waals surface area contributed by atoms with Crippen LogP contribution in [0.3, 0.4) is 0 Å². The molecule has 0 aromatic heterocycles. The first kappa shape index (κ1) is 63.8. The molecule has 13 heteroatoms. The summed E-state index contributed by atoms with van der Waals surface area (Å²) in [7, 11) is 21.0. The van der Waals surface area contributed by atoms with Gasteiger partial charge in [0.25, 0.3) is 0 Å². The van der Waals surface area contributed by atoms with Crippen molar-refractivity contribution in [1.82, 2.24) is 14.7 Å². The molecule has 0 saturated carbocycles. The van der Waals surface area contributed by atoms with E-state index in [1.807, 2.05) is 0 Å². The maximum Gasteiger partial charge on any atom is 0.200 e. The first-order valence-corrected chi connectivity index (χ1v) is 7.31. The van der Waals surface area contributed by atoms with Crippen molar-refractivity contribution in [2.75, 3.05) is 19.0 Å². The van der Waals surface area contributed by atoms with Crippen LogP contribution in [0.1, 0.15) is 13.8 Å². The van der Waals surface area contributed by atoms with E-state index < -0.39 is 7.37 Å². The average Bonchev–Trinajstić information content (AvgIpc) is 2.15. The van der Waals surface area contributed by atoms with Crippen molar-refractivity contribution in [3.05, 3.63) is 49.3 Å². The molecule has 0 aromatic carbocycles. The van der Waals surface area contributed by atoms with Gasteiger partial charge in [0.1, 0.15) is 0 Å². The van der Waals surface area contributed by atoms with Gasteiger partial charge in [0.05, 0.1) is 0 Å². The van der Waals surface area contributed by atoms with Gasteiger partial charge in [0.2, 0.25) is 0 Å². The largest absolute Gasteiger partial charge is 0.770 e. The van der Waals surface area contributed by atoms with E-state index in [2.05, 4.69) is 49.3 Å². The van der Waals surface area contributed by atoms with Crippen LogP contribution < -0.4 is 0 Å². The maximum atomic E-state index is 10.5. The van der Waals surface area contributed by atoms with Crippen LogP contribution in [0.2, 0.25) is 0 Å². The first-order valence-electron chi connectivity index (χ1n) is 5.28. The molecule has 0 heterocycles. The van der Waals surface area contributed by atoms with E-state index >= 15 is 0 Å². The van der Waals surface area contributed by atoms with Crippen LogP contribution in [0.5, 0.6) is 0 Å². The third kappa shape index (κ3) is 89.1. The first-order chi connectivity index (χ1) is 7.98. The predicted octanol–water partition coefficient (Wildman–Crippen LogP) is 2.66. The van der Waals surface area contributed by atoms with E-state index in [-0.39, 0.29) is 229 Å². The van der Waals surface area contributed by atoms with Gasteiger partial charge in [0.15, 0.2) is 7.37 Å². The Balaban J connectivity index is -0.0000000152. The summed E-state index contributed by atoms with van der Waals surface area (Å²) in [6.45, 7) is 4.04. The summed E-state index contributed by atoms with van der Waals surface area (Å²) in [4.78, 5) is 12.9. The van der Waals surface area contributed by atoms with Gasteiger partial charge in [-0.25, -0.2) is 0 Å². The fraction of sp³-hybridized carbons (Fsp3) is 0.417. The molecule has 0 amide bonds. The molecule has 1 N–H and O–H groups in total. The van der Waals surface area contributed by atoms with Crippen LogP contribution in [0.15, 0.2) is 0 Å². The second kappa shape index (κ2) is 45.3. The molecule has 25 heavy (non-hydrogen) atoms. The molecule has 0 aromatic rings. The molecule has 135 valence electrons. The smallest absolute Gasteiger partial charge is 0.200 e. The Morgan fingerprint density at radius 3 is 0.840 bits per heavy atom. The number of nitrogens with zero attached hydrogens (tertiary/aromatic N) is 3.